The lowest BCUT2D eigenvalue weighted by atomic mass is 10.1. The summed E-state index contributed by atoms with van der Waals surface area (Å²) in [5, 5.41) is 2.02. The highest BCUT2D eigenvalue weighted by atomic mass is 32.1. The third kappa shape index (κ3) is 3.11. The van der Waals surface area contributed by atoms with Crippen molar-refractivity contribution in [2.75, 3.05) is 0 Å². The van der Waals surface area contributed by atoms with Crippen molar-refractivity contribution in [1.29, 1.82) is 0 Å². The van der Waals surface area contributed by atoms with Crippen LogP contribution in [0.2, 0.25) is 0 Å². The molecule has 2 nitrogen and oxygen atoms in total. The molecule has 0 aromatic carbocycles. The first-order valence-corrected chi connectivity index (χ1v) is 5.26. The summed E-state index contributed by atoms with van der Waals surface area (Å²) in [6, 6.07) is 0. The molecule has 0 aliphatic rings. The normalized spacial score (nSPS) is 13.1. The van der Waals surface area contributed by atoms with Crippen LogP contribution < -0.4 is 0 Å². The molecule has 0 aliphatic carbocycles. The monoisotopic (exact) mass is 194 g/mol. The van der Waals surface area contributed by atoms with E-state index in [1.54, 1.807) is 11.3 Å². The van der Waals surface area contributed by atoms with Crippen LogP contribution in [0.1, 0.15) is 26.5 Å². The molecule has 13 heavy (non-hydrogen) atoms. The average Bonchev–Trinajstić information content (AvgIpc) is 2.56. The SMILES string of the molecule is CC=N/C(=C\c1cscn1)C(C)C. The van der Waals surface area contributed by atoms with Gasteiger partial charge in [-0.05, 0) is 18.9 Å². The highest BCUT2D eigenvalue weighted by Gasteiger charge is 2.01. The van der Waals surface area contributed by atoms with Crippen molar-refractivity contribution in [3.63, 3.8) is 0 Å². The zero-order chi connectivity index (χ0) is 9.68. The van der Waals surface area contributed by atoms with E-state index < -0.39 is 0 Å². The Balaban J connectivity index is 2.87. The van der Waals surface area contributed by atoms with Crippen molar-refractivity contribution in [3.05, 3.63) is 22.3 Å². The smallest absolute Gasteiger partial charge is 0.0798 e. The van der Waals surface area contributed by atoms with Crippen molar-refractivity contribution in [1.82, 2.24) is 4.98 Å². The molecule has 1 heterocycles. The molecule has 1 aromatic heterocycles. The van der Waals surface area contributed by atoms with E-state index in [4.69, 9.17) is 0 Å². The van der Waals surface area contributed by atoms with Crippen molar-refractivity contribution in [3.8, 4) is 0 Å². The van der Waals surface area contributed by atoms with Crippen molar-refractivity contribution in [2.45, 2.75) is 20.8 Å². The second kappa shape index (κ2) is 4.92. The number of rotatable bonds is 3. The first kappa shape index (κ1) is 10.1. The minimum absolute atomic E-state index is 0.442. The Morgan fingerprint density at radius 2 is 2.38 bits per heavy atom. The molecule has 0 fully saturated rings. The van der Waals surface area contributed by atoms with Gasteiger partial charge >= 0.3 is 0 Å². The predicted molar refractivity (Wildman–Crippen MR) is 59.1 cm³/mol. The fourth-order valence-corrected chi connectivity index (χ4v) is 1.46. The van der Waals surface area contributed by atoms with E-state index in [9.17, 15) is 0 Å². The third-order valence-corrected chi connectivity index (χ3v) is 2.22. The first-order chi connectivity index (χ1) is 6.24. The lowest BCUT2D eigenvalue weighted by molar-refractivity contribution is 0.765. The number of aliphatic imine (C=N–C) groups is 1. The van der Waals surface area contributed by atoms with Crippen molar-refractivity contribution < 1.29 is 0 Å². The van der Waals surface area contributed by atoms with Crippen LogP contribution in [0.15, 0.2) is 21.6 Å². The number of aromatic nitrogens is 1. The number of thiazole rings is 1. The Hall–Kier alpha value is -0.960. The van der Waals surface area contributed by atoms with Gasteiger partial charge in [-0.1, -0.05) is 13.8 Å². The molecule has 0 radical (unpaired) electrons. The number of hydrogen-bond donors (Lipinski definition) is 0. The molecule has 0 N–H and O–H groups in total. The van der Waals surface area contributed by atoms with E-state index in [2.05, 4.69) is 23.8 Å². The van der Waals surface area contributed by atoms with E-state index in [0.717, 1.165) is 11.4 Å². The van der Waals surface area contributed by atoms with Crippen LogP contribution in [0.5, 0.6) is 0 Å². The molecular weight excluding hydrogens is 180 g/mol. The minimum Gasteiger partial charge on any atom is -0.266 e. The summed E-state index contributed by atoms with van der Waals surface area (Å²) in [4.78, 5) is 8.49. The second-order valence-electron chi connectivity index (χ2n) is 3.02. The van der Waals surface area contributed by atoms with E-state index in [1.165, 1.54) is 0 Å². The van der Waals surface area contributed by atoms with E-state index in [1.807, 2.05) is 30.1 Å². The van der Waals surface area contributed by atoms with Crippen molar-refractivity contribution in [2.24, 2.45) is 10.9 Å². The lowest BCUT2D eigenvalue weighted by Crippen LogP contribution is -1.90. The molecule has 3 heteroatoms. The third-order valence-electron chi connectivity index (χ3n) is 1.62. The van der Waals surface area contributed by atoms with Gasteiger partial charge in [0.15, 0.2) is 0 Å². The maximum absolute atomic E-state index is 4.30. The van der Waals surface area contributed by atoms with Gasteiger partial charge in [0, 0.05) is 17.3 Å². The molecule has 0 bridgehead atoms. The maximum Gasteiger partial charge on any atom is 0.0798 e. The standard InChI is InChI=1S/C10H14N2S/c1-4-11-10(8(2)3)5-9-6-13-7-12-9/h4-8H,1-3H3/b10-5-,11-4?. The van der Waals surface area contributed by atoms with Crippen LogP contribution in [0.3, 0.4) is 0 Å². The average molecular weight is 194 g/mol. The van der Waals surface area contributed by atoms with Crippen LogP contribution in [-0.2, 0) is 0 Å². The van der Waals surface area contributed by atoms with Gasteiger partial charge in [-0.15, -0.1) is 11.3 Å². The summed E-state index contributed by atoms with van der Waals surface area (Å²) in [5.74, 6) is 0.442. The Morgan fingerprint density at radius 1 is 1.62 bits per heavy atom. The molecular formula is C10H14N2S. The molecule has 1 aromatic rings. The van der Waals surface area contributed by atoms with Crippen LogP contribution >= 0.6 is 11.3 Å². The molecule has 1 rings (SSSR count). The molecule has 0 spiro atoms. The van der Waals surface area contributed by atoms with Crippen molar-refractivity contribution >= 4 is 23.6 Å². The molecule has 0 atom stereocenters. The molecule has 70 valence electrons. The second-order valence-corrected chi connectivity index (χ2v) is 3.74. The molecule has 0 aliphatic heterocycles. The highest BCUT2D eigenvalue weighted by molar-refractivity contribution is 7.07. The van der Waals surface area contributed by atoms with E-state index in [0.29, 0.717) is 5.92 Å². The number of hydrogen-bond acceptors (Lipinski definition) is 3. The first-order valence-electron chi connectivity index (χ1n) is 4.32. The lowest BCUT2D eigenvalue weighted by Gasteiger charge is -2.03. The minimum atomic E-state index is 0.442. The Morgan fingerprint density at radius 3 is 2.85 bits per heavy atom. The van der Waals surface area contributed by atoms with Gasteiger partial charge in [-0.25, -0.2) is 4.98 Å². The highest BCUT2D eigenvalue weighted by Crippen LogP contribution is 2.15. The van der Waals surface area contributed by atoms with E-state index >= 15 is 0 Å². The topological polar surface area (TPSA) is 25.2 Å². The largest absolute Gasteiger partial charge is 0.266 e. The summed E-state index contributed by atoms with van der Waals surface area (Å²) < 4.78 is 0. The number of nitrogens with zero attached hydrogens (tertiary/aromatic N) is 2. The molecule has 0 saturated heterocycles. The Bertz CT molecular complexity index is 297. The van der Waals surface area contributed by atoms with Crippen LogP contribution in [0, 0.1) is 5.92 Å². The summed E-state index contributed by atoms with van der Waals surface area (Å²) in [6.45, 7) is 6.19. The van der Waals surface area contributed by atoms with Gasteiger partial charge < -0.3 is 0 Å². The zero-order valence-corrected chi connectivity index (χ0v) is 9.01. The number of allylic oxidation sites excluding steroid dienone is 1. The van der Waals surface area contributed by atoms with Gasteiger partial charge in [0.2, 0.25) is 0 Å². The fraction of sp³-hybridized carbons (Fsp3) is 0.400. The van der Waals surface area contributed by atoms with E-state index in [-0.39, 0.29) is 0 Å². The predicted octanol–water partition coefficient (Wildman–Crippen LogP) is 3.23. The van der Waals surface area contributed by atoms with Gasteiger partial charge in [0.25, 0.3) is 0 Å². The van der Waals surface area contributed by atoms with Gasteiger partial charge in [-0.2, -0.15) is 0 Å². The maximum atomic E-state index is 4.30. The Kier molecular flexibility index (Phi) is 3.83. The summed E-state index contributed by atoms with van der Waals surface area (Å²) in [5.41, 5.74) is 3.91. The fourth-order valence-electron chi connectivity index (χ4n) is 0.947. The Labute approximate surface area is 83.1 Å². The zero-order valence-electron chi connectivity index (χ0n) is 8.19. The summed E-state index contributed by atoms with van der Waals surface area (Å²) in [6.07, 6.45) is 3.85. The molecule has 0 saturated carbocycles. The van der Waals surface area contributed by atoms with Crippen LogP contribution in [-0.4, -0.2) is 11.2 Å². The summed E-state index contributed by atoms with van der Waals surface area (Å²) in [7, 11) is 0. The van der Waals surface area contributed by atoms with Crippen LogP contribution in [0.4, 0.5) is 0 Å². The summed E-state index contributed by atoms with van der Waals surface area (Å²) >= 11 is 1.60. The quantitative estimate of drug-likeness (QED) is 0.678. The van der Waals surface area contributed by atoms with Gasteiger partial charge in [0.1, 0.15) is 0 Å². The van der Waals surface area contributed by atoms with Crippen LogP contribution in [0.25, 0.3) is 6.08 Å². The molecule has 0 unspecified atom stereocenters. The van der Waals surface area contributed by atoms with Gasteiger partial charge in [0.05, 0.1) is 11.2 Å². The van der Waals surface area contributed by atoms with Gasteiger partial charge in [-0.3, -0.25) is 4.99 Å². The molecule has 0 amide bonds.